The number of amides is 1. The molecule has 1 aliphatic rings. The van der Waals surface area contributed by atoms with Crippen LogP contribution in [0.3, 0.4) is 0 Å². The first-order valence-corrected chi connectivity index (χ1v) is 7.53. The summed E-state index contributed by atoms with van der Waals surface area (Å²) in [7, 11) is 3.59. The number of benzene rings is 1. The van der Waals surface area contributed by atoms with E-state index in [2.05, 4.69) is 27.9 Å². The molecule has 1 atom stereocenters. The number of piperidine rings is 1. The van der Waals surface area contributed by atoms with Gasteiger partial charge in [0, 0.05) is 22.7 Å². The molecule has 1 aliphatic heterocycles. The van der Waals surface area contributed by atoms with E-state index < -0.39 is 0 Å². The second-order valence-corrected chi connectivity index (χ2v) is 5.89. The molecule has 1 amide bonds. The zero-order chi connectivity index (χ0) is 13.8. The Balaban J connectivity index is 0.00000200. The van der Waals surface area contributed by atoms with E-state index in [0.29, 0.717) is 6.04 Å². The van der Waals surface area contributed by atoms with E-state index in [1.54, 1.807) is 7.11 Å². The molecule has 1 saturated heterocycles. The SMILES string of the molecule is CNC1CCCN(C(=O)c2ccc(OC)cc2I)C1.Cl. The van der Waals surface area contributed by atoms with Gasteiger partial charge in [-0.3, -0.25) is 4.79 Å². The van der Waals surface area contributed by atoms with Crippen molar-refractivity contribution >= 4 is 40.9 Å². The van der Waals surface area contributed by atoms with Crippen LogP contribution in [-0.2, 0) is 0 Å². The highest BCUT2D eigenvalue weighted by molar-refractivity contribution is 14.1. The van der Waals surface area contributed by atoms with E-state index in [1.807, 2.05) is 30.1 Å². The first kappa shape index (κ1) is 17.5. The molecule has 2 rings (SSSR count). The van der Waals surface area contributed by atoms with E-state index in [-0.39, 0.29) is 18.3 Å². The Bertz CT molecular complexity index is 470. The molecule has 1 heterocycles. The second kappa shape index (κ2) is 8.05. The van der Waals surface area contributed by atoms with Crippen LogP contribution in [0, 0.1) is 3.57 Å². The summed E-state index contributed by atoms with van der Waals surface area (Å²) in [6, 6.07) is 6.00. The molecule has 1 unspecified atom stereocenters. The van der Waals surface area contributed by atoms with Gasteiger partial charge in [-0.1, -0.05) is 0 Å². The Morgan fingerprint density at radius 3 is 2.85 bits per heavy atom. The number of ether oxygens (including phenoxy) is 1. The maximum atomic E-state index is 12.5. The zero-order valence-corrected chi connectivity index (χ0v) is 14.7. The van der Waals surface area contributed by atoms with Gasteiger partial charge in [-0.15, -0.1) is 12.4 Å². The minimum atomic E-state index is 0. The summed E-state index contributed by atoms with van der Waals surface area (Å²) >= 11 is 2.19. The van der Waals surface area contributed by atoms with Crippen molar-refractivity contribution < 1.29 is 9.53 Å². The van der Waals surface area contributed by atoms with Crippen LogP contribution >= 0.6 is 35.0 Å². The minimum absolute atomic E-state index is 0. The van der Waals surface area contributed by atoms with Crippen molar-refractivity contribution in [2.45, 2.75) is 18.9 Å². The number of nitrogens with zero attached hydrogens (tertiary/aromatic N) is 1. The van der Waals surface area contributed by atoms with E-state index in [9.17, 15) is 4.79 Å². The fourth-order valence-electron chi connectivity index (χ4n) is 2.36. The van der Waals surface area contributed by atoms with E-state index >= 15 is 0 Å². The second-order valence-electron chi connectivity index (χ2n) is 4.72. The predicted molar refractivity (Wildman–Crippen MR) is 90.9 cm³/mol. The normalized spacial score (nSPS) is 18.4. The van der Waals surface area contributed by atoms with Crippen molar-refractivity contribution in [3.63, 3.8) is 0 Å². The van der Waals surface area contributed by atoms with Gasteiger partial charge in [0.25, 0.3) is 5.91 Å². The van der Waals surface area contributed by atoms with Gasteiger partial charge >= 0.3 is 0 Å². The summed E-state index contributed by atoms with van der Waals surface area (Å²) in [6.45, 7) is 1.64. The maximum absolute atomic E-state index is 12.5. The smallest absolute Gasteiger partial charge is 0.254 e. The van der Waals surface area contributed by atoms with Crippen LogP contribution in [0.4, 0.5) is 0 Å². The molecular formula is C14H20ClIN2O2. The molecule has 0 spiro atoms. The van der Waals surface area contributed by atoms with Crippen molar-refractivity contribution in [1.82, 2.24) is 10.2 Å². The molecule has 0 bridgehead atoms. The van der Waals surface area contributed by atoms with Gasteiger partial charge in [0.1, 0.15) is 5.75 Å². The topological polar surface area (TPSA) is 41.6 Å². The number of rotatable bonds is 3. The lowest BCUT2D eigenvalue weighted by Crippen LogP contribution is -2.47. The number of carbonyl (C=O) groups excluding carboxylic acids is 1. The highest BCUT2D eigenvalue weighted by Crippen LogP contribution is 2.22. The summed E-state index contributed by atoms with van der Waals surface area (Å²) in [6.07, 6.45) is 2.20. The average molecular weight is 411 g/mol. The largest absolute Gasteiger partial charge is 0.497 e. The molecule has 20 heavy (non-hydrogen) atoms. The van der Waals surface area contributed by atoms with Crippen molar-refractivity contribution in [3.8, 4) is 5.75 Å². The molecular weight excluding hydrogens is 391 g/mol. The molecule has 0 aromatic heterocycles. The Labute approximate surface area is 139 Å². The summed E-state index contributed by atoms with van der Waals surface area (Å²) < 4.78 is 6.11. The lowest BCUT2D eigenvalue weighted by atomic mass is 10.0. The third-order valence-electron chi connectivity index (χ3n) is 3.52. The molecule has 6 heteroatoms. The van der Waals surface area contributed by atoms with Crippen molar-refractivity contribution in [3.05, 3.63) is 27.3 Å². The van der Waals surface area contributed by atoms with Crippen molar-refractivity contribution in [1.29, 1.82) is 0 Å². The summed E-state index contributed by atoms with van der Waals surface area (Å²) in [5.74, 6) is 0.902. The summed E-state index contributed by atoms with van der Waals surface area (Å²) in [5.41, 5.74) is 0.762. The molecule has 1 N–H and O–H groups in total. The number of hydrogen-bond donors (Lipinski definition) is 1. The van der Waals surface area contributed by atoms with Crippen LogP contribution in [0.2, 0.25) is 0 Å². The van der Waals surface area contributed by atoms with Gasteiger partial charge in [-0.2, -0.15) is 0 Å². The molecule has 4 nitrogen and oxygen atoms in total. The third kappa shape index (κ3) is 3.99. The molecule has 112 valence electrons. The molecule has 0 aliphatic carbocycles. The Morgan fingerprint density at radius 2 is 2.25 bits per heavy atom. The average Bonchev–Trinajstić information content (AvgIpc) is 2.46. The number of nitrogens with one attached hydrogen (secondary N) is 1. The van der Waals surface area contributed by atoms with Gasteiger partial charge in [0.15, 0.2) is 0 Å². The summed E-state index contributed by atoms with van der Waals surface area (Å²) in [4.78, 5) is 14.5. The fraction of sp³-hybridized carbons (Fsp3) is 0.500. The fourth-order valence-corrected chi connectivity index (χ4v) is 3.08. The van der Waals surface area contributed by atoms with Crippen LogP contribution in [0.15, 0.2) is 18.2 Å². The number of halogens is 2. The zero-order valence-electron chi connectivity index (χ0n) is 11.7. The van der Waals surface area contributed by atoms with E-state index in [0.717, 1.165) is 40.8 Å². The Morgan fingerprint density at radius 1 is 1.50 bits per heavy atom. The lowest BCUT2D eigenvalue weighted by Gasteiger charge is -2.32. The monoisotopic (exact) mass is 410 g/mol. The standard InChI is InChI=1S/C14H19IN2O2.ClH/c1-16-10-4-3-7-17(9-10)14(18)12-6-5-11(19-2)8-13(12)15;/h5-6,8,10,16H,3-4,7,9H2,1-2H3;1H. The number of likely N-dealkylation sites (tertiary alicyclic amines) is 1. The van der Waals surface area contributed by atoms with Gasteiger partial charge in [-0.05, 0) is 60.7 Å². The maximum Gasteiger partial charge on any atom is 0.254 e. The van der Waals surface area contributed by atoms with Crippen molar-refractivity contribution in [2.75, 3.05) is 27.2 Å². The van der Waals surface area contributed by atoms with Crippen LogP contribution in [0.5, 0.6) is 5.75 Å². The van der Waals surface area contributed by atoms with Crippen LogP contribution in [0.1, 0.15) is 23.2 Å². The van der Waals surface area contributed by atoms with Crippen molar-refractivity contribution in [2.24, 2.45) is 0 Å². The Hall–Kier alpha value is -0.530. The van der Waals surface area contributed by atoms with Gasteiger partial charge in [0.2, 0.25) is 0 Å². The Kier molecular flexibility index (Phi) is 7.05. The number of likely N-dealkylation sites (N-methyl/N-ethyl adjacent to an activating group) is 1. The summed E-state index contributed by atoms with van der Waals surface area (Å²) in [5, 5.41) is 3.26. The molecule has 0 radical (unpaired) electrons. The van der Waals surface area contributed by atoms with E-state index in [4.69, 9.17) is 4.74 Å². The van der Waals surface area contributed by atoms with Gasteiger partial charge in [0.05, 0.1) is 12.7 Å². The number of carbonyl (C=O) groups is 1. The molecule has 1 aromatic rings. The highest BCUT2D eigenvalue weighted by Gasteiger charge is 2.24. The molecule has 1 aromatic carbocycles. The van der Waals surface area contributed by atoms with Crippen LogP contribution in [-0.4, -0.2) is 44.1 Å². The van der Waals surface area contributed by atoms with Crippen LogP contribution < -0.4 is 10.1 Å². The number of hydrogen-bond acceptors (Lipinski definition) is 3. The molecule has 0 saturated carbocycles. The minimum Gasteiger partial charge on any atom is -0.497 e. The first-order chi connectivity index (χ1) is 9.15. The molecule has 1 fully saturated rings. The quantitative estimate of drug-likeness (QED) is 0.779. The number of methoxy groups -OCH3 is 1. The first-order valence-electron chi connectivity index (χ1n) is 6.45. The van der Waals surface area contributed by atoms with Crippen LogP contribution in [0.25, 0.3) is 0 Å². The third-order valence-corrected chi connectivity index (χ3v) is 4.42. The van der Waals surface area contributed by atoms with Gasteiger partial charge < -0.3 is 15.0 Å². The highest BCUT2D eigenvalue weighted by atomic mass is 127. The predicted octanol–water partition coefficient (Wildman–Crippen LogP) is 2.55. The van der Waals surface area contributed by atoms with E-state index in [1.165, 1.54) is 0 Å². The van der Waals surface area contributed by atoms with Gasteiger partial charge in [-0.25, -0.2) is 0 Å². The lowest BCUT2D eigenvalue weighted by molar-refractivity contribution is 0.0697.